The highest BCUT2D eigenvalue weighted by atomic mass is 32.1. The van der Waals surface area contributed by atoms with Crippen molar-refractivity contribution >= 4 is 17.3 Å². The van der Waals surface area contributed by atoms with Crippen LogP contribution in [-0.4, -0.2) is 48.4 Å². The number of aromatic nitrogens is 4. The van der Waals surface area contributed by atoms with Crippen LogP contribution in [-0.2, 0) is 0 Å². The van der Waals surface area contributed by atoms with Crippen molar-refractivity contribution in [3.8, 4) is 33.6 Å². The number of aromatic hydroxyl groups is 1. The SMILES string of the molecule is C[C@]12CC[C@](C)(CC(N(c3ncc(-c4ccc(-c5ncc(C#N)s5)cc4O)nn3)C3CC3)C1)N2. The quantitative estimate of drug-likeness (QED) is 0.565. The standard InChI is InChI=1S/C25H27N7OS/c1-24-7-8-25(2,31-24)11-17(10-24)32(16-4-5-16)23-28-14-20(29-30-23)19-6-3-15(9-21(19)33)22-27-13-18(12-26)34-22/h3,6,9,13-14,16-17,31,33H,4-5,7-8,10-11H2,1-2H3/t17?,24-,25+. The van der Waals surface area contributed by atoms with Gasteiger partial charge < -0.3 is 15.3 Å². The molecule has 0 amide bonds. The summed E-state index contributed by atoms with van der Waals surface area (Å²) in [6.45, 7) is 4.69. The van der Waals surface area contributed by atoms with Crippen molar-refractivity contribution in [1.29, 1.82) is 5.26 Å². The van der Waals surface area contributed by atoms with Crippen molar-refractivity contribution in [3.05, 3.63) is 35.5 Å². The molecule has 3 atom stereocenters. The molecule has 2 bridgehead atoms. The Balaban J connectivity index is 1.26. The lowest BCUT2D eigenvalue weighted by Crippen LogP contribution is -2.59. The normalized spacial score (nSPS) is 28.0. The molecule has 2 aromatic heterocycles. The Kier molecular flexibility index (Phi) is 4.87. The smallest absolute Gasteiger partial charge is 0.245 e. The Bertz CT molecular complexity index is 1260. The summed E-state index contributed by atoms with van der Waals surface area (Å²) in [6.07, 6.45) is 10.2. The third-order valence-corrected chi connectivity index (χ3v) is 8.41. The molecule has 2 aliphatic heterocycles. The van der Waals surface area contributed by atoms with Crippen LogP contribution in [0.25, 0.3) is 21.8 Å². The summed E-state index contributed by atoms with van der Waals surface area (Å²) in [5, 5.41) is 33.2. The van der Waals surface area contributed by atoms with Crippen LogP contribution in [0.4, 0.5) is 5.95 Å². The zero-order chi connectivity index (χ0) is 23.5. The molecular formula is C25H27N7OS. The monoisotopic (exact) mass is 473 g/mol. The number of phenols is 1. The molecule has 1 unspecified atom stereocenters. The van der Waals surface area contributed by atoms with E-state index >= 15 is 0 Å². The summed E-state index contributed by atoms with van der Waals surface area (Å²) >= 11 is 1.29. The van der Waals surface area contributed by atoms with Crippen LogP contribution >= 0.6 is 11.3 Å². The molecule has 1 aromatic carbocycles. The van der Waals surface area contributed by atoms with Gasteiger partial charge in [-0.05, 0) is 64.5 Å². The minimum absolute atomic E-state index is 0.0879. The van der Waals surface area contributed by atoms with Crippen molar-refractivity contribution < 1.29 is 5.11 Å². The molecule has 3 aliphatic rings. The molecule has 0 radical (unpaired) electrons. The highest BCUT2D eigenvalue weighted by Crippen LogP contribution is 2.46. The summed E-state index contributed by atoms with van der Waals surface area (Å²) in [7, 11) is 0. The van der Waals surface area contributed by atoms with Gasteiger partial charge in [0.05, 0.1) is 12.4 Å². The third kappa shape index (κ3) is 3.81. The minimum atomic E-state index is 0.0879. The number of rotatable bonds is 5. The molecular weight excluding hydrogens is 446 g/mol. The lowest BCUT2D eigenvalue weighted by atomic mass is 9.84. The molecule has 3 aromatic rings. The summed E-state index contributed by atoms with van der Waals surface area (Å²) in [5.41, 5.74) is 2.22. The number of phenolic OH excluding ortho intramolecular Hbond substituents is 1. The second-order valence-electron chi connectivity index (χ2n) is 10.5. The van der Waals surface area contributed by atoms with Crippen LogP contribution in [0, 0.1) is 11.3 Å². The molecule has 2 saturated heterocycles. The van der Waals surface area contributed by atoms with E-state index in [1.165, 1.54) is 37.0 Å². The number of hydrogen-bond acceptors (Lipinski definition) is 9. The molecule has 2 N–H and O–H groups in total. The summed E-state index contributed by atoms with van der Waals surface area (Å²) < 4.78 is 0. The fourth-order valence-electron chi connectivity index (χ4n) is 5.85. The van der Waals surface area contributed by atoms with Gasteiger partial charge in [-0.1, -0.05) is 6.07 Å². The summed E-state index contributed by atoms with van der Waals surface area (Å²) in [4.78, 5) is 11.9. The van der Waals surface area contributed by atoms with E-state index < -0.39 is 0 Å². The number of nitrogens with zero attached hydrogens (tertiary/aromatic N) is 6. The van der Waals surface area contributed by atoms with E-state index in [4.69, 9.17) is 10.2 Å². The molecule has 174 valence electrons. The van der Waals surface area contributed by atoms with Crippen molar-refractivity contribution in [3.63, 3.8) is 0 Å². The maximum atomic E-state index is 10.7. The van der Waals surface area contributed by atoms with E-state index in [1.54, 1.807) is 24.5 Å². The zero-order valence-corrected chi connectivity index (χ0v) is 20.1. The maximum absolute atomic E-state index is 10.7. The van der Waals surface area contributed by atoms with Gasteiger partial charge in [0, 0.05) is 34.3 Å². The maximum Gasteiger partial charge on any atom is 0.245 e. The van der Waals surface area contributed by atoms with Crippen LogP contribution in [0.2, 0.25) is 0 Å². The van der Waals surface area contributed by atoms with Gasteiger partial charge in [0.1, 0.15) is 27.4 Å². The van der Waals surface area contributed by atoms with Crippen LogP contribution in [0.1, 0.15) is 57.2 Å². The molecule has 0 spiro atoms. The Morgan fingerprint density at radius 3 is 2.44 bits per heavy atom. The third-order valence-electron chi connectivity index (χ3n) is 7.46. The van der Waals surface area contributed by atoms with E-state index in [0.717, 1.165) is 18.4 Å². The van der Waals surface area contributed by atoms with Gasteiger partial charge in [-0.3, -0.25) is 0 Å². The van der Waals surface area contributed by atoms with Gasteiger partial charge >= 0.3 is 0 Å². The average Bonchev–Trinajstić information content (AvgIpc) is 3.46. The second-order valence-corrected chi connectivity index (χ2v) is 11.5. The lowest BCUT2D eigenvalue weighted by Gasteiger charge is -2.46. The fourth-order valence-corrected chi connectivity index (χ4v) is 6.56. The van der Waals surface area contributed by atoms with Gasteiger partial charge in [-0.25, -0.2) is 9.97 Å². The number of fused-ring (bicyclic) bond motifs is 2. The van der Waals surface area contributed by atoms with Crippen molar-refractivity contribution in [2.75, 3.05) is 4.90 Å². The number of thiazole rings is 1. The number of nitriles is 1. The number of hydrogen-bond donors (Lipinski definition) is 2. The van der Waals surface area contributed by atoms with Crippen LogP contribution < -0.4 is 10.2 Å². The molecule has 34 heavy (non-hydrogen) atoms. The Hall–Kier alpha value is -3.09. The topological polar surface area (TPSA) is 111 Å². The highest BCUT2D eigenvalue weighted by Gasteiger charge is 2.51. The van der Waals surface area contributed by atoms with Gasteiger partial charge in [0.15, 0.2) is 0 Å². The summed E-state index contributed by atoms with van der Waals surface area (Å²) in [5.74, 6) is 0.776. The van der Waals surface area contributed by atoms with E-state index in [2.05, 4.69) is 45.3 Å². The first-order valence-corrected chi connectivity index (χ1v) is 12.6. The number of nitrogens with one attached hydrogen (secondary N) is 1. The van der Waals surface area contributed by atoms with Gasteiger partial charge in [0.25, 0.3) is 0 Å². The van der Waals surface area contributed by atoms with E-state index in [1.807, 2.05) is 6.07 Å². The predicted octanol–water partition coefficient (Wildman–Crippen LogP) is 4.27. The zero-order valence-electron chi connectivity index (χ0n) is 19.3. The molecule has 1 aliphatic carbocycles. The molecule has 4 heterocycles. The number of benzene rings is 1. The molecule has 6 rings (SSSR count). The molecule has 1 saturated carbocycles. The van der Waals surface area contributed by atoms with Crippen molar-refractivity contribution in [2.24, 2.45) is 0 Å². The van der Waals surface area contributed by atoms with E-state index in [0.29, 0.717) is 39.2 Å². The average molecular weight is 474 g/mol. The summed E-state index contributed by atoms with van der Waals surface area (Å²) in [6, 6.07) is 8.30. The fraction of sp³-hybridized carbons (Fsp3) is 0.480. The van der Waals surface area contributed by atoms with Gasteiger partial charge in [0.2, 0.25) is 5.95 Å². The molecule has 9 heteroatoms. The molecule has 8 nitrogen and oxygen atoms in total. The lowest BCUT2D eigenvalue weighted by molar-refractivity contribution is 0.203. The van der Waals surface area contributed by atoms with Crippen LogP contribution in [0.3, 0.4) is 0 Å². The first-order chi connectivity index (χ1) is 16.3. The minimum Gasteiger partial charge on any atom is -0.507 e. The Labute approximate surface area is 202 Å². The second kappa shape index (κ2) is 7.72. The van der Waals surface area contributed by atoms with Crippen LogP contribution in [0.15, 0.2) is 30.6 Å². The van der Waals surface area contributed by atoms with Gasteiger partial charge in [-0.15, -0.1) is 21.5 Å². The number of anilines is 1. The van der Waals surface area contributed by atoms with E-state index in [9.17, 15) is 5.11 Å². The highest BCUT2D eigenvalue weighted by molar-refractivity contribution is 7.15. The van der Waals surface area contributed by atoms with E-state index in [-0.39, 0.29) is 16.8 Å². The Morgan fingerprint density at radius 2 is 1.85 bits per heavy atom. The number of piperidine rings is 1. The van der Waals surface area contributed by atoms with Crippen molar-refractivity contribution in [1.82, 2.24) is 25.5 Å². The Morgan fingerprint density at radius 1 is 1.09 bits per heavy atom. The van der Waals surface area contributed by atoms with Gasteiger partial charge in [-0.2, -0.15) is 5.26 Å². The molecule has 3 fully saturated rings. The van der Waals surface area contributed by atoms with Crippen LogP contribution in [0.5, 0.6) is 5.75 Å². The first kappa shape index (κ1) is 21.4. The predicted molar refractivity (Wildman–Crippen MR) is 130 cm³/mol. The first-order valence-electron chi connectivity index (χ1n) is 11.8. The largest absolute Gasteiger partial charge is 0.507 e. The van der Waals surface area contributed by atoms with Crippen molar-refractivity contribution in [2.45, 2.75) is 75.5 Å².